The van der Waals surface area contributed by atoms with Crippen LogP contribution in [0.2, 0.25) is 0 Å². The molecule has 1 saturated carbocycles. The Kier molecular flexibility index (Phi) is 6.65. The van der Waals surface area contributed by atoms with Crippen LogP contribution < -0.4 is 10.9 Å². The van der Waals surface area contributed by atoms with Gasteiger partial charge in [0.1, 0.15) is 4.90 Å². The second-order valence-electron chi connectivity index (χ2n) is 7.91. The third kappa shape index (κ3) is 5.58. The zero-order chi connectivity index (χ0) is 22.8. The number of nitrogens with one attached hydrogen (secondary N) is 2. The zero-order valence-electron chi connectivity index (χ0n) is 16.6. The molecule has 1 aromatic heterocycles. The van der Waals surface area contributed by atoms with Gasteiger partial charge in [-0.15, -0.1) is 10.2 Å². The van der Waals surface area contributed by atoms with Gasteiger partial charge < -0.3 is 5.73 Å². The molecule has 0 aliphatic heterocycles. The van der Waals surface area contributed by atoms with Crippen LogP contribution in [-0.2, 0) is 22.6 Å². The van der Waals surface area contributed by atoms with Crippen molar-refractivity contribution in [3.8, 4) is 11.4 Å². The molecular weight excluding hydrogens is 435 g/mol. The van der Waals surface area contributed by atoms with Crippen LogP contribution in [0.1, 0.15) is 49.7 Å². The number of nitrogens with zero attached hydrogens (tertiary/aromatic N) is 3. The average molecular weight is 459 g/mol. The summed E-state index contributed by atoms with van der Waals surface area (Å²) < 4.78 is 64.9. The van der Waals surface area contributed by atoms with Gasteiger partial charge in [0, 0.05) is 12.0 Å². The van der Waals surface area contributed by atoms with Crippen molar-refractivity contribution in [1.29, 1.82) is 5.41 Å². The van der Waals surface area contributed by atoms with E-state index in [2.05, 4.69) is 20.6 Å². The van der Waals surface area contributed by atoms with E-state index >= 15 is 0 Å². The number of aromatic amines is 1. The molecule has 1 aliphatic carbocycles. The first-order chi connectivity index (χ1) is 14.5. The van der Waals surface area contributed by atoms with Gasteiger partial charge >= 0.3 is 6.18 Å². The number of amidine groups is 1. The lowest BCUT2D eigenvalue weighted by molar-refractivity contribution is -0.139. The number of rotatable bonds is 7. The van der Waals surface area contributed by atoms with Gasteiger partial charge in [0.15, 0.2) is 0 Å². The Morgan fingerprint density at radius 2 is 1.84 bits per heavy atom. The molecule has 0 spiro atoms. The number of aromatic nitrogens is 4. The van der Waals surface area contributed by atoms with Crippen molar-refractivity contribution < 1.29 is 21.6 Å². The van der Waals surface area contributed by atoms with Crippen molar-refractivity contribution in [3.63, 3.8) is 0 Å². The first-order valence-corrected chi connectivity index (χ1v) is 11.3. The van der Waals surface area contributed by atoms with E-state index in [-0.39, 0.29) is 17.2 Å². The van der Waals surface area contributed by atoms with Crippen molar-refractivity contribution in [3.05, 3.63) is 23.3 Å². The lowest BCUT2D eigenvalue weighted by atomic mass is 9.78. The number of H-pyrrole nitrogens is 1. The molecule has 1 heterocycles. The third-order valence-electron chi connectivity index (χ3n) is 5.70. The lowest BCUT2D eigenvalue weighted by Crippen LogP contribution is -2.22. The molecule has 9 nitrogen and oxygen atoms in total. The van der Waals surface area contributed by atoms with Crippen molar-refractivity contribution in [2.75, 3.05) is 0 Å². The van der Waals surface area contributed by atoms with Gasteiger partial charge in [-0.3, -0.25) is 5.41 Å². The smallest absolute Gasteiger partial charge is 0.388 e. The Balaban J connectivity index is 1.90. The van der Waals surface area contributed by atoms with Crippen LogP contribution in [0.4, 0.5) is 13.2 Å². The molecular formula is C18H24F3N7O2S. The highest BCUT2D eigenvalue weighted by Crippen LogP contribution is 2.41. The number of halogens is 3. The van der Waals surface area contributed by atoms with E-state index in [9.17, 15) is 21.6 Å². The molecule has 0 saturated heterocycles. The van der Waals surface area contributed by atoms with Crippen LogP contribution in [0.5, 0.6) is 0 Å². The summed E-state index contributed by atoms with van der Waals surface area (Å²) >= 11 is 0. The summed E-state index contributed by atoms with van der Waals surface area (Å²) in [7, 11) is -4.73. The number of hydrogen-bond acceptors (Lipinski definition) is 6. The maximum Gasteiger partial charge on any atom is 0.417 e. The molecule has 6 N–H and O–H groups in total. The topological polar surface area (TPSA) is 164 Å². The molecule has 0 atom stereocenters. The monoisotopic (exact) mass is 459 g/mol. The number of primary sulfonamides is 1. The fourth-order valence-electron chi connectivity index (χ4n) is 4.26. The fourth-order valence-corrected chi connectivity index (χ4v) is 5.26. The van der Waals surface area contributed by atoms with Gasteiger partial charge in [0.05, 0.1) is 11.4 Å². The molecule has 0 amide bonds. The Hall–Kier alpha value is -2.54. The summed E-state index contributed by atoms with van der Waals surface area (Å²) in [5.41, 5.74) is 4.21. The number of nitrogens with two attached hydrogens (primary N) is 2. The molecule has 2 aromatic rings. The SMILES string of the molecule is N=C(N)CC1CCC(CCc2ccc(C(F)(F)F)c(S(N)(=O)=O)c2-c2nn[nH]n2)CC1. The lowest BCUT2D eigenvalue weighted by Gasteiger charge is -2.28. The van der Waals surface area contributed by atoms with Gasteiger partial charge in [-0.2, -0.15) is 18.4 Å². The highest BCUT2D eigenvalue weighted by atomic mass is 32.2. The minimum absolute atomic E-state index is 0.175. The minimum Gasteiger partial charge on any atom is -0.388 e. The Morgan fingerprint density at radius 3 is 2.35 bits per heavy atom. The molecule has 1 fully saturated rings. The Morgan fingerprint density at radius 1 is 1.19 bits per heavy atom. The molecule has 0 radical (unpaired) electrons. The van der Waals surface area contributed by atoms with E-state index in [1.165, 1.54) is 6.07 Å². The van der Waals surface area contributed by atoms with E-state index in [1.54, 1.807) is 0 Å². The van der Waals surface area contributed by atoms with Crippen molar-refractivity contribution in [2.45, 2.75) is 56.0 Å². The van der Waals surface area contributed by atoms with Crippen LogP contribution in [0.15, 0.2) is 17.0 Å². The summed E-state index contributed by atoms with van der Waals surface area (Å²) in [5.74, 6) is 0.633. The maximum atomic E-state index is 13.5. The molecule has 0 unspecified atom stereocenters. The van der Waals surface area contributed by atoms with E-state index in [4.69, 9.17) is 16.3 Å². The van der Waals surface area contributed by atoms with E-state index in [0.29, 0.717) is 36.7 Å². The quantitative estimate of drug-likeness (QED) is 0.367. The summed E-state index contributed by atoms with van der Waals surface area (Å²) in [6, 6.07) is 1.99. The number of tetrazole rings is 1. The summed E-state index contributed by atoms with van der Waals surface area (Å²) in [6.07, 6.45) is 0.337. The molecule has 3 rings (SSSR count). The van der Waals surface area contributed by atoms with Gasteiger partial charge in [-0.05, 0) is 54.4 Å². The second kappa shape index (κ2) is 8.91. The van der Waals surface area contributed by atoms with Crippen LogP contribution >= 0.6 is 0 Å². The molecule has 31 heavy (non-hydrogen) atoms. The molecule has 0 bridgehead atoms. The van der Waals surface area contributed by atoms with Gasteiger partial charge in [0.2, 0.25) is 15.8 Å². The molecule has 170 valence electrons. The normalized spacial score (nSPS) is 20.0. The third-order valence-corrected chi connectivity index (χ3v) is 6.69. The molecule has 1 aliphatic rings. The van der Waals surface area contributed by atoms with Crippen LogP contribution in [-0.4, -0.2) is 34.9 Å². The fraction of sp³-hybridized carbons (Fsp3) is 0.556. The summed E-state index contributed by atoms with van der Waals surface area (Å²) in [6.45, 7) is 0. The minimum atomic E-state index is -4.92. The van der Waals surface area contributed by atoms with Gasteiger partial charge in [-0.25, -0.2) is 13.6 Å². The van der Waals surface area contributed by atoms with E-state index in [1.807, 2.05) is 0 Å². The zero-order valence-corrected chi connectivity index (χ0v) is 17.4. The number of alkyl halides is 3. The summed E-state index contributed by atoms with van der Waals surface area (Å²) in [5, 5.41) is 25.5. The predicted molar refractivity (Wildman–Crippen MR) is 106 cm³/mol. The van der Waals surface area contributed by atoms with Crippen molar-refractivity contribution >= 4 is 15.9 Å². The largest absolute Gasteiger partial charge is 0.417 e. The standard InChI is InChI=1S/C18H24F3N7O2S/c19-18(20,21)13-8-7-12(6-5-10-1-3-11(4-2-10)9-14(22)23)15(16(13)31(24,29)30)17-25-27-28-26-17/h7-8,10-11H,1-6,9H2,(H3,22,23)(H2,24,29,30)(H,25,26,27,28). The van der Waals surface area contributed by atoms with E-state index < -0.39 is 26.7 Å². The first kappa shape index (κ1) is 23.1. The highest BCUT2D eigenvalue weighted by molar-refractivity contribution is 7.89. The molecule has 13 heteroatoms. The second-order valence-corrected chi connectivity index (χ2v) is 9.41. The van der Waals surface area contributed by atoms with Crippen molar-refractivity contribution in [2.24, 2.45) is 22.7 Å². The average Bonchev–Trinajstić information content (AvgIpc) is 3.19. The Labute approximate surface area is 177 Å². The number of hydrogen-bond donors (Lipinski definition) is 4. The van der Waals surface area contributed by atoms with E-state index in [0.717, 1.165) is 31.7 Å². The van der Waals surface area contributed by atoms with Gasteiger partial charge in [0.25, 0.3) is 0 Å². The first-order valence-electron chi connectivity index (χ1n) is 9.79. The van der Waals surface area contributed by atoms with Crippen LogP contribution in [0.3, 0.4) is 0 Å². The number of sulfonamides is 1. The van der Waals surface area contributed by atoms with Crippen LogP contribution in [0.25, 0.3) is 11.4 Å². The maximum absolute atomic E-state index is 13.5. The van der Waals surface area contributed by atoms with Crippen molar-refractivity contribution in [1.82, 2.24) is 20.6 Å². The molecule has 1 aromatic carbocycles. The predicted octanol–water partition coefficient (Wildman–Crippen LogP) is 2.60. The summed E-state index contributed by atoms with van der Waals surface area (Å²) in [4.78, 5) is -1.04. The van der Waals surface area contributed by atoms with Crippen LogP contribution in [0, 0.1) is 17.2 Å². The Bertz CT molecular complexity index is 1030. The highest BCUT2D eigenvalue weighted by Gasteiger charge is 2.39. The number of aryl methyl sites for hydroxylation is 1. The van der Waals surface area contributed by atoms with Gasteiger partial charge in [-0.1, -0.05) is 18.9 Å². The number of benzene rings is 1.